The highest BCUT2D eigenvalue weighted by atomic mass is 19.1. The minimum atomic E-state index is -0.381. The van der Waals surface area contributed by atoms with E-state index in [4.69, 9.17) is 4.74 Å². The SMILES string of the molecule is COc1ccc(N2CCN(C(=O)CN(C(C)=O)c3ccc(F)cc3)CC2)cc1. The number of piperazine rings is 1. The zero-order chi connectivity index (χ0) is 20.1. The normalized spacial score (nSPS) is 14.0. The van der Waals surface area contributed by atoms with Crippen molar-refractivity contribution in [2.45, 2.75) is 6.92 Å². The molecule has 0 spiro atoms. The zero-order valence-electron chi connectivity index (χ0n) is 16.1. The topological polar surface area (TPSA) is 53.1 Å². The first-order valence-electron chi connectivity index (χ1n) is 9.18. The molecule has 0 N–H and O–H groups in total. The van der Waals surface area contributed by atoms with Crippen LogP contribution in [0.1, 0.15) is 6.92 Å². The molecule has 0 atom stereocenters. The van der Waals surface area contributed by atoms with Gasteiger partial charge in [-0.1, -0.05) is 0 Å². The molecule has 1 fully saturated rings. The predicted molar refractivity (Wildman–Crippen MR) is 106 cm³/mol. The van der Waals surface area contributed by atoms with Gasteiger partial charge in [0, 0.05) is 44.5 Å². The third-order valence-electron chi connectivity index (χ3n) is 4.88. The number of ether oxygens (including phenoxy) is 1. The van der Waals surface area contributed by atoms with Gasteiger partial charge in [0.05, 0.1) is 7.11 Å². The van der Waals surface area contributed by atoms with E-state index in [1.54, 1.807) is 12.0 Å². The Morgan fingerprint density at radius 1 is 1.00 bits per heavy atom. The molecule has 0 aliphatic carbocycles. The highest BCUT2D eigenvalue weighted by molar-refractivity contribution is 5.97. The Hall–Kier alpha value is -3.09. The molecule has 148 valence electrons. The van der Waals surface area contributed by atoms with Crippen molar-refractivity contribution in [2.24, 2.45) is 0 Å². The smallest absolute Gasteiger partial charge is 0.242 e. The van der Waals surface area contributed by atoms with Gasteiger partial charge < -0.3 is 19.4 Å². The van der Waals surface area contributed by atoms with E-state index in [0.717, 1.165) is 11.4 Å². The summed E-state index contributed by atoms with van der Waals surface area (Å²) in [6.07, 6.45) is 0. The Kier molecular flexibility index (Phi) is 6.13. The molecule has 0 unspecified atom stereocenters. The molecule has 1 aliphatic rings. The van der Waals surface area contributed by atoms with Gasteiger partial charge >= 0.3 is 0 Å². The summed E-state index contributed by atoms with van der Waals surface area (Å²) in [4.78, 5) is 30.0. The first-order chi connectivity index (χ1) is 13.5. The molecule has 3 rings (SSSR count). The van der Waals surface area contributed by atoms with Crippen LogP contribution in [0.5, 0.6) is 5.75 Å². The van der Waals surface area contributed by atoms with Crippen LogP contribution in [0.4, 0.5) is 15.8 Å². The molecule has 28 heavy (non-hydrogen) atoms. The average Bonchev–Trinajstić information content (AvgIpc) is 2.72. The van der Waals surface area contributed by atoms with Crippen molar-refractivity contribution in [1.29, 1.82) is 0 Å². The summed E-state index contributed by atoms with van der Waals surface area (Å²) in [5, 5.41) is 0. The lowest BCUT2D eigenvalue weighted by molar-refractivity contribution is -0.131. The molecule has 0 aromatic heterocycles. The highest BCUT2D eigenvalue weighted by Crippen LogP contribution is 2.21. The lowest BCUT2D eigenvalue weighted by atomic mass is 10.2. The third-order valence-corrected chi connectivity index (χ3v) is 4.88. The molecule has 2 amide bonds. The summed E-state index contributed by atoms with van der Waals surface area (Å²) in [7, 11) is 1.63. The van der Waals surface area contributed by atoms with Crippen LogP contribution < -0.4 is 14.5 Å². The van der Waals surface area contributed by atoms with E-state index >= 15 is 0 Å². The minimum Gasteiger partial charge on any atom is -0.497 e. The van der Waals surface area contributed by atoms with Crippen molar-refractivity contribution in [3.63, 3.8) is 0 Å². The largest absolute Gasteiger partial charge is 0.497 e. The van der Waals surface area contributed by atoms with Crippen molar-refractivity contribution < 1.29 is 18.7 Å². The van der Waals surface area contributed by atoms with Crippen LogP contribution in [0.25, 0.3) is 0 Å². The van der Waals surface area contributed by atoms with Crippen molar-refractivity contribution >= 4 is 23.2 Å². The van der Waals surface area contributed by atoms with Gasteiger partial charge in [-0.05, 0) is 48.5 Å². The maximum atomic E-state index is 13.1. The van der Waals surface area contributed by atoms with Crippen molar-refractivity contribution in [3.05, 3.63) is 54.3 Å². The van der Waals surface area contributed by atoms with Crippen LogP contribution in [0.3, 0.4) is 0 Å². The van der Waals surface area contributed by atoms with E-state index in [1.807, 2.05) is 24.3 Å². The number of methoxy groups -OCH3 is 1. The van der Waals surface area contributed by atoms with Crippen LogP contribution in [0.15, 0.2) is 48.5 Å². The maximum Gasteiger partial charge on any atom is 0.242 e. The quantitative estimate of drug-likeness (QED) is 0.794. The summed E-state index contributed by atoms with van der Waals surface area (Å²) in [6, 6.07) is 13.4. The Labute approximate surface area is 164 Å². The number of anilines is 2. The lowest BCUT2D eigenvalue weighted by Gasteiger charge is -2.37. The molecule has 0 saturated carbocycles. The van der Waals surface area contributed by atoms with E-state index in [1.165, 1.54) is 36.1 Å². The Morgan fingerprint density at radius 3 is 2.14 bits per heavy atom. The van der Waals surface area contributed by atoms with Crippen LogP contribution in [-0.2, 0) is 9.59 Å². The summed E-state index contributed by atoms with van der Waals surface area (Å²) >= 11 is 0. The molecule has 0 bridgehead atoms. The number of amides is 2. The molecular weight excluding hydrogens is 361 g/mol. The Balaban J connectivity index is 1.59. The second-order valence-electron chi connectivity index (χ2n) is 6.65. The summed E-state index contributed by atoms with van der Waals surface area (Å²) in [5.74, 6) is 0.0571. The monoisotopic (exact) mass is 385 g/mol. The molecule has 1 aliphatic heterocycles. The first-order valence-corrected chi connectivity index (χ1v) is 9.18. The van der Waals surface area contributed by atoms with E-state index in [-0.39, 0.29) is 24.2 Å². The van der Waals surface area contributed by atoms with Crippen LogP contribution in [0, 0.1) is 5.82 Å². The number of hydrogen-bond acceptors (Lipinski definition) is 4. The van der Waals surface area contributed by atoms with Crippen LogP contribution >= 0.6 is 0 Å². The molecule has 6 nitrogen and oxygen atoms in total. The van der Waals surface area contributed by atoms with E-state index in [2.05, 4.69) is 4.90 Å². The van der Waals surface area contributed by atoms with Crippen molar-refractivity contribution in [3.8, 4) is 5.75 Å². The summed E-state index contributed by atoms with van der Waals surface area (Å²) in [5.41, 5.74) is 1.60. The number of benzene rings is 2. The second kappa shape index (κ2) is 8.73. The second-order valence-corrected chi connectivity index (χ2v) is 6.65. The van der Waals surface area contributed by atoms with Gasteiger partial charge in [-0.25, -0.2) is 4.39 Å². The van der Waals surface area contributed by atoms with Crippen molar-refractivity contribution in [1.82, 2.24) is 4.90 Å². The molecule has 1 saturated heterocycles. The summed E-state index contributed by atoms with van der Waals surface area (Å²) < 4.78 is 18.3. The molecule has 7 heteroatoms. The Morgan fingerprint density at radius 2 is 1.61 bits per heavy atom. The third kappa shape index (κ3) is 4.60. The molecule has 2 aromatic carbocycles. The highest BCUT2D eigenvalue weighted by Gasteiger charge is 2.24. The fourth-order valence-electron chi connectivity index (χ4n) is 3.25. The van der Waals surface area contributed by atoms with Gasteiger partial charge in [0.2, 0.25) is 11.8 Å². The summed E-state index contributed by atoms with van der Waals surface area (Å²) in [6.45, 7) is 3.95. The number of rotatable bonds is 5. The maximum absolute atomic E-state index is 13.1. The number of nitrogens with zero attached hydrogens (tertiary/aromatic N) is 3. The van der Waals surface area contributed by atoms with Gasteiger partial charge in [0.15, 0.2) is 0 Å². The van der Waals surface area contributed by atoms with E-state index in [0.29, 0.717) is 31.9 Å². The lowest BCUT2D eigenvalue weighted by Crippen LogP contribution is -2.51. The first kappa shape index (κ1) is 19.7. The van der Waals surface area contributed by atoms with Gasteiger partial charge in [-0.2, -0.15) is 0 Å². The molecule has 0 radical (unpaired) electrons. The number of carbonyl (C=O) groups is 2. The predicted octanol–water partition coefficient (Wildman–Crippen LogP) is 2.54. The Bertz CT molecular complexity index is 816. The zero-order valence-corrected chi connectivity index (χ0v) is 16.1. The van der Waals surface area contributed by atoms with E-state index in [9.17, 15) is 14.0 Å². The fraction of sp³-hybridized carbons (Fsp3) is 0.333. The molecule has 2 aromatic rings. The molecule has 1 heterocycles. The van der Waals surface area contributed by atoms with Gasteiger partial charge in [0.1, 0.15) is 18.1 Å². The van der Waals surface area contributed by atoms with Crippen molar-refractivity contribution in [2.75, 3.05) is 49.6 Å². The van der Waals surface area contributed by atoms with Crippen LogP contribution in [0.2, 0.25) is 0 Å². The number of carbonyl (C=O) groups excluding carboxylic acids is 2. The molecular formula is C21H24FN3O3. The van der Waals surface area contributed by atoms with Gasteiger partial charge in [-0.15, -0.1) is 0 Å². The standard InChI is InChI=1S/C21H24FN3O3/c1-16(26)25(19-5-3-17(22)4-6-19)15-21(27)24-13-11-23(12-14-24)18-7-9-20(28-2)10-8-18/h3-10H,11-15H2,1-2H3. The van der Waals surface area contributed by atoms with Gasteiger partial charge in [-0.3, -0.25) is 9.59 Å². The number of hydrogen-bond donors (Lipinski definition) is 0. The van der Waals surface area contributed by atoms with Gasteiger partial charge in [0.25, 0.3) is 0 Å². The van der Waals surface area contributed by atoms with E-state index < -0.39 is 0 Å². The fourth-order valence-corrected chi connectivity index (χ4v) is 3.25. The number of halogens is 1. The van der Waals surface area contributed by atoms with Crippen LogP contribution in [-0.4, -0.2) is 56.5 Å². The minimum absolute atomic E-state index is 0.0521. The average molecular weight is 385 g/mol.